The van der Waals surface area contributed by atoms with Crippen molar-refractivity contribution in [2.75, 3.05) is 17.8 Å². The van der Waals surface area contributed by atoms with Crippen LogP contribution in [0.2, 0.25) is 0 Å². The average Bonchev–Trinajstić information content (AvgIpc) is 2.63. The molecule has 2 rings (SSSR count). The number of nitrogens with one attached hydrogen (secondary N) is 1. The quantitative estimate of drug-likeness (QED) is 0.770. The largest absolute Gasteiger partial charge is 0.391 e. The van der Waals surface area contributed by atoms with Crippen LogP contribution in [-0.2, 0) is 26.3 Å². The zero-order valence-electron chi connectivity index (χ0n) is 11.0. The Kier molecular flexibility index (Phi) is 4.19. The molecule has 2 N–H and O–H groups in total. The van der Waals surface area contributed by atoms with Crippen molar-refractivity contribution in [2.45, 2.75) is 18.6 Å². The third-order valence-electron chi connectivity index (χ3n) is 3.23. The summed E-state index contributed by atoms with van der Waals surface area (Å²) in [4.78, 5) is 0. The fourth-order valence-electron chi connectivity index (χ4n) is 2.23. The Morgan fingerprint density at radius 2 is 1.85 bits per heavy atom. The van der Waals surface area contributed by atoms with Crippen LogP contribution in [-0.4, -0.2) is 45.8 Å². The average molecular weight is 319 g/mol. The lowest BCUT2D eigenvalue weighted by Crippen LogP contribution is -2.36. The maximum atomic E-state index is 11.9. The van der Waals surface area contributed by atoms with E-state index >= 15 is 0 Å². The van der Waals surface area contributed by atoms with Gasteiger partial charge in [-0.2, -0.15) is 0 Å². The number of sulfone groups is 1. The second-order valence-corrected chi connectivity index (χ2v) is 9.15. The van der Waals surface area contributed by atoms with Gasteiger partial charge in [0.15, 0.2) is 0 Å². The minimum Gasteiger partial charge on any atom is -0.391 e. The maximum Gasteiger partial charge on any atom is 0.213 e. The van der Waals surface area contributed by atoms with Gasteiger partial charge < -0.3 is 5.11 Å². The number of rotatable bonds is 5. The molecular weight excluding hydrogens is 302 g/mol. The highest BCUT2D eigenvalue weighted by atomic mass is 32.2. The molecule has 0 amide bonds. The van der Waals surface area contributed by atoms with Gasteiger partial charge in [-0.05, 0) is 11.1 Å². The predicted octanol–water partition coefficient (Wildman–Crippen LogP) is -0.391. The molecule has 2 atom stereocenters. The number of sulfonamides is 1. The summed E-state index contributed by atoms with van der Waals surface area (Å²) in [5.74, 6) is -0.940. The molecule has 8 heteroatoms. The molecule has 112 valence electrons. The second kappa shape index (κ2) is 5.44. The van der Waals surface area contributed by atoms with Crippen molar-refractivity contribution in [1.82, 2.24) is 4.72 Å². The first-order valence-electron chi connectivity index (χ1n) is 6.11. The summed E-state index contributed by atoms with van der Waals surface area (Å²) < 4.78 is 48.3. The van der Waals surface area contributed by atoms with Crippen molar-refractivity contribution in [1.29, 1.82) is 0 Å². The smallest absolute Gasteiger partial charge is 0.213 e. The lowest BCUT2D eigenvalue weighted by Gasteiger charge is -2.17. The van der Waals surface area contributed by atoms with Gasteiger partial charge in [-0.3, -0.25) is 0 Å². The predicted molar refractivity (Wildman–Crippen MR) is 75.5 cm³/mol. The zero-order valence-corrected chi connectivity index (χ0v) is 12.6. The van der Waals surface area contributed by atoms with Gasteiger partial charge in [0.05, 0.1) is 23.7 Å². The van der Waals surface area contributed by atoms with Gasteiger partial charge in [-0.15, -0.1) is 0 Å². The van der Waals surface area contributed by atoms with Crippen molar-refractivity contribution >= 4 is 19.9 Å². The van der Waals surface area contributed by atoms with Gasteiger partial charge in [-0.25, -0.2) is 21.6 Å². The number of hydrogen-bond donors (Lipinski definition) is 2. The standard InChI is InChI=1S/C12H17NO5S2/c1-19(15,16)6-7-20(17,18)13-12-10-5-3-2-4-9(10)8-11(12)14/h2-5,11-14H,6-8H2,1H3. The molecule has 0 aromatic heterocycles. The van der Waals surface area contributed by atoms with E-state index in [1.165, 1.54) is 0 Å². The Morgan fingerprint density at radius 3 is 2.50 bits per heavy atom. The van der Waals surface area contributed by atoms with Crippen LogP contribution in [0, 0.1) is 0 Å². The van der Waals surface area contributed by atoms with E-state index in [0.29, 0.717) is 6.42 Å². The number of benzene rings is 1. The van der Waals surface area contributed by atoms with Crippen LogP contribution in [0.25, 0.3) is 0 Å². The van der Waals surface area contributed by atoms with Gasteiger partial charge in [-0.1, -0.05) is 24.3 Å². The normalized spacial score (nSPS) is 22.7. The summed E-state index contributed by atoms with van der Waals surface area (Å²) in [6.45, 7) is 0. The minimum atomic E-state index is -3.76. The molecule has 1 aliphatic rings. The van der Waals surface area contributed by atoms with Crippen molar-refractivity contribution in [3.05, 3.63) is 35.4 Å². The number of hydrogen-bond acceptors (Lipinski definition) is 5. The summed E-state index contributed by atoms with van der Waals surface area (Å²) in [5, 5.41) is 9.96. The molecule has 1 aromatic rings. The summed E-state index contributed by atoms with van der Waals surface area (Å²) >= 11 is 0. The Morgan fingerprint density at radius 1 is 1.20 bits per heavy atom. The zero-order chi connectivity index (χ0) is 15.0. The molecule has 1 aromatic carbocycles. The molecule has 6 nitrogen and oxygen atoms in total. The van der Waals surface area contributed by atoms with Crippen LogP contribution in [0.3, 0.4) is 0 Å². The van der Waals surface area contributed by atoms with Gasteiger partial charge >= 0.3 is 0 Å². The van der Waals surface area contributed by atoms with Crippen LogP contribution in [0.1, 0.15) is 17.2 Å². The highest BCUT2D eigenvalue weighted by Gasteiger charge is 2.33. The van der Waals surface area contributed by atoms with Crippen molar-refractivity contribution in [3.63, 3.8) is 0 Å². The topological polar surface area (TPSA) is 101 Å². The van der Waals surface area contributed by atoms with E-state index in [2.05, 4.69) is 4.72 Å². The molecular formula is C12H17NO5S2. The first-order valence-corrected chi connectivity index (χ1v) is 9.83. The first kappa shape index (κ1) is 15.4. The molecule has 1 aliphatic carbocycles. The molecule has 0 fully saturated rings. The third-order valence-corrected chi connectivity index (χ3v) is 5.79. The van der Waals surface area contributed by atoms with Crippen molar-refractivity contribution in [3.8, 4) is 0 Å². The molecule has 0 saturated carbocycles. The number of aliphatic hydroxyl groups is 1. The molecule has 0 bridgehead atoms. The molecule has 2 unspecified atom stereocenters. The van der Waals surface area contributed by atoms with Gasteiger partial charge in [0.2, 0.25) is 10.0 Å². The van der Waals surface area contributed by atoms with Crippen LogP contribution < -0.4 is 4.72 Å². The van der Waals surface area contributed by atoms with Gasteiger partial charge in [0.25, 0.3) is 0 Å². The summed E-state index contributed by atoms with van der Waals surface area (Å²) in [6.07, 6.45) is 0.540. The summed E-state index contributed by atoms with van der Waals surface area (Å²) in [5.41, 5.74) is 1.64. The highest BCUT2D eigenvalue weighted by molar-refractivity contribution is 7.93. The third kappa shape index (κ3) is 3.78. The maximum absolute atomic E-state index is 11.9. The van der Waals surface area contributed by atoms with E-state index in [1.54, 1.807) is 12.1 Å². The molecule has 0 aliphatic heterocycles. The Hall–Kier alpha value is -0.960. The summed E-state index contributed by atoms with van der Waals surface area (Å²) in [6, 6.07) is 6.48. The van der Waals surface area contributed by atoms with Crippen molar-refractivity contribution < 1.29 is 21.9 Å². The fourth-order valence-corrected chi connectivity index (χ4v) is 5.11. The lowest BCUT2D eigenvalue weighted by molar-refractivity contribution is 0.151. The van der Waals surface area contributed by atoms with E-state index in [1.807, 2.05) is 12.1 Å². The van der Waals surface area contributed by atoms with E-state index in [0.717, 1.165) is 17.4 Å². The Balaban J connectivity index is 2.14. The molecule has 0 saturated heterocycles. The van der Waals surface area contributed by atoms with E-state index in [9.17, 15) is 21.9 Å². The van der Waals surface area contributed by atoms with E-state index in [4.69, 9.17) is 0 Å². The highest BCUT2D eigenvalue weighted by Crippen LogP contribution is 2.31. The molecule has 0 spiro atoms. The Bertz CT molecular complexity index is 696. The van der Waals surface area contributed by atoms with Crippen molar-refractivity contribution in [2.24, 2.45) is 0 Å². The van der Waals surface area contributed by atoms with Crippen LogP contribution >= 0.6 is 0 Å². The molecule has 0 heterocycles. The number of aliphatic hydroxyl groups excluding tert-OH is 1. The molecule has 0 radical (unpaired) electrons. The van der Waals surface area contributed by atoms with Gasteiger partial charge in [0, 0.05) is 12.7 Å². The SMILES string of the molecule is CS(=O)(=O)CCS(=O)(=O)NC1c2ccccc2CC1O. The first-order chi connectivity index (χ1) is 9.18. The van der Waals surface area contributed by atoms with E-state index in [-0.39, 0.29) is 0 Å². The molecule has 20 heavy (non-hydrogen) atoms. The van der Waals surface area contributed by atoms with Crippen LogP contribution in [0.4, 0.5) is 0 Å². The Labute approximate surface area is 118 Å². The monoisotopic (exact) mass is 319 g/mol. The lowest BCUT2D eigenvalue weighted by atomic mass is 10.1. The second-order valence-electron chi connectivity index (χ2n) is 5.01. The number of fused-ring (bicyclic) bond motifs is 1. The fraction of sp³-hybridized carbons (Fsp3) is 0.500. The summed E-state index contributed by atoms with van der Waals surface area (Å²) in [7, 11) is -7.11. The van der Waals surface area contributed by atoms with Crippen LogP contribution in [0.15, 0.2) is 24.3 Å². The van der Waals surface area contributed by atoms with Crippen LogP contribution in [0.5, 0.6) is 0 Å². The van der Waals surface area contributed by atoms with E-state index < -0.39 is 43.5 Å². The van der Waals surface area contributed by atoms with Gasteiger partial charge in [0.1, 0.15) is 9.84 Å². The minimum absolute atomic E-state index is 0.384.